The first-order valence-electron chi connectivity index (χ1n) is 9.18. The van der Waals surface area contributed by atoms with E-state index in [1.54, 1.807) is 18.3 Å². The van der Waals surface area contributed by atoms with Gasteiger partial charge < -0.3 is 0 Å². The molecule has 0 radical (unpaired) electrons. The van der Waals surface area contributed by atoms with Crippen LogP contribution in [0.5, 0.6) is 0 Å². The fraction of sp³-hybridized carbons (Fsp3) is 0.545. The number of allylic oxidation sites excluding steroid dienone is 5. The summed E-state index contributed by atoms with van der Waals surface area (Å²) < 4.78 is 12.7. The molecule has 3 heteroatoms. The van der Waals surface area contributed by atoms with E-state index in [9.17, 15) is 14.0 Å². The van der Waals surface area contributed by atoms with E-state index in [-0.39, 0.29) is 11.2 Å². The van der Waals surface area contributed by atoms with Gasteiger partial charge in [-0.15, -0.1) is 4.39 Å². The maximum absolute atomic E-state index is 12.7. The predicted molar refractivity (Wildman–Crippen MR) is 94.0 cm³/mol. The SMILES string of the molecule is C=C1C[C@H]2[C@@H]3CCC(=O)[C@@]3(C)CC[C@@H]2[C@@]2(CC#CF)C=CC(=O)C=C12. The zero-order valence-corrected chi connectivity index (χ0v) is 14.6. The summed E-state index contributed by atoms with van der Waals surface area (Å²) in [5.74, 6) is 4.00. The van der Waals surface area contributed by atoms with E-state index in [0.29, 0.717) is 36.4 Å². The summed E-state index contributed by atoms with van der Waals surface area (Å²) in [6, 6.07) is 0. The van der Waals surface area contributed by atoms with Crippen molar-refractivity contribution in [2.24, 2.45) is 28.6 Å². The van der Waals surface area contributed by atoms with Crippen LogP contribution in [0.2, 0.25) is 0 Å². The lowest BCUT2D eigenvalue weighted by Crippen LogP contribution is -2.51. The number of hydrogen-bond acceptors (Lipinski definition) is 2. The number of carbonyl (C=O) groups excluding carboxylic acids is 2. The molecule has 0 amide bonds. The van der Waals surface area contributed by atoms with Crippen molar-refractivity contribution in [1.82, 2.24) is 0 Å². The van der Waals surface area contributed by atoms with Gasteiger partial charge in [-0.05, 0) is 61.2 Å². The van der Waals surface area contributed by atoms with Crippen LogP contribution in [0.15, 0.2) is 36.0 Å². The summed E-state index contributed by atoms with van der Waals surface area (Å²) in [4.78, 5) is 24.5. The summed E-state index contributed by atoms with van der Waals surface area (Å²) in [6.45, 7) is 6.38. The molecule has 0 aromatic carbocycles. The van der Waals surface area contributed by atoms with Gasteiger partial charge in [0.1, 0.15) is 12.0 Å². The topological polar surface area (TPSA) is 34.1 Å². The molecule has 130 valence electrons. The standard InChI is InChI=1S/C22H23FO2/c1-14-12-16-17-4-5-20(25)21(17,2)9-7-18(16)22(8-3-11-23)10-6-15(24)13-19(14)22/h6,10,13,16-18H,1,4-5,7-9,12H2,2H3/t16-,17-,18-,21-,22+/m0/s1. The maximum atomic E-state index is 12.7. The second-order valence-corrected chi connectivity index (χ2v) is 8.38. The second-order valence-electron chi connectivity index (χ2n) is 8.38. The van der Waals surface area contributed by atoms with E-state index in [2.05, 4.69) is 19.4 Å². The molecule has 5 atom stereocenters. The van der Waals surface area contributed by atoms with Crippen LogP contribution in [0.3, 0.4) is 0 Å². The lowest BCUT2D eigenvalue weighted by Gasteiger charge is -2.56. The van der Waals surface area contributed by atoms with Gasteiger partial charge in [0.2, 0.25) is 0 Å². The molecular formula is C22H23FO2. The Labute approximate surface area is 148 Å². The molecule has 0 saturated heterocycles. The minimum Gasteiger partial charge on any atom is -0.299 e. The first-order chi connectivity index (χ1) is 11.9. The monoisotopic (exact) mass is 338 g/mol. The lowest BCUT2D eigenvalue weighted by molar-refractivity contribution is -0.131. The molecule has 3 saturated carbocycles. The van der Waals surface area contributed by atoms with E-state index in [0.717, 1.165) is 36.8 Å². The van der Waals surface area contributed by atoms with Gasteiger partial charge in [0.25, 0.3) is 0 Å². The minimum absolute atomic E-state index is 0.0323. The van der Waals surface area contributed by atoms with Crippen molar-refractivity contribution < 1.29 is 14.0 Å². The molecule has 3 fully saturated rings. The largest absolute Gasteiger partial charge is 0.299 e. The maximum Gasteiger partial charge on any atom is 0.178 e. The molecule has 0 unspecified atom stereocenters. The van der Waals surface area contributed by atoms with Crippen molar-refractivity contribution in [3.8, 4) is 12.1 Å². The van der Waals surface area contributed by atoms with Gasteiger partial charge in [0, 0.05) is 23.7 Å². The zero-order valence-electron chi connectivity index (χ0n) is 14.6. The Hall–Kier alpha value is -1.95. The van der Waals surface area contributed by atoms with Gasteiger partial charge in [-0.2, -0.15) is 0 Å². The molecule has 25 heavy (non-hydrogen) atoms. The number of ketones is 2. The van der Waals surface area contributed by atoms with Crippen LogP contribution in [0, 0.1) is 40.7 Å². The molecule has 4 aliphatic carbocycles. The highest BCUT2D eigenvalue weighted by Crippen LogP contribution is 2.65. The normalized spacial score (nSPS) is 42.1. The van der Waals surface area contributed by atoms with E-state index in [4.69, 9.17) is 0 Å². The molecule has 0 heterocycles. The van der Waals surface area contributed by atoms with Gasteiger partial charge in [-0.25, -0.2) is 0 Å². The van der Waals surface area contributed by atoms with Crippen molar-refractivity contribution >= 4 is 11.6 Å². The fourth-order valence-corrected chi connectivity index (χ4v) is 6.24. The number of hydrogen-bond donors (Lipinski definition) is 0. The van der Waals surface area contributed by atoms with E-state index in [1.807, 2.05) is 6.08 Å². The van der Waals surface area contributed by atoms with E-state index < -0.39 is 5.41 Å². The average molecular weight is 338 g/mol. The van der Waals surface area contributed by atoms with Crippen molar-refractivity contribution in [1.29, 1.82) is 0 Å². The highest BCUT2D eigenvalue weighted by Gasteiger charge is 2.60. The quantitative estimate of drug-likeness (QED) is 0.667. The molecular weight excluding hydrogens is 315 g/mol. The van der Waals surface area contributed by atoms with Crippen molar-refractivity contribution in [2.45, 2.75) is 45.4 Å². The molecule has 2 nitrogen and oxygen atoms in total. The summed E-state index contributed by atoms with van der Waals surface area (Å²) in [6.07, 6.45) is 11.4. The second kappa shape index (κ2) is 5.53. The summed E-state index contributed by atoms with van der Waals surface area (Å²) in [7, 11) is 0. The molecule has 4 rings (SSSR count). The Balaban J connectivity index is 1.81. The highest BCUT2D eigenvalue weighted by molar-refractivity contribution is 6.02. The highest BCUT2D eigenvalue weighted by atomic mass is 19.1. The number of fused-ring (bicyclic) bond motifs is 5. The van der Waals surface area contributed by atoms with Crippen LogP contribution in [0.25, 0.3) is 0 Å². The molecule has 0 bridgehead atoms. The first kappa shape index (κ1) is 16.5. The molecule has 0 aromatic rings. The lowest BCUT2D eigenvalue weighted by atomic mass is 9.46. The van der Waals surface area contributed by atoms with Gasteiger partial charge in [0.05, 0.1) is 0 Å². The van der Waals surface area contributed by atoms with Crippen LogP contribution < -0.4 is 0 Å². The third-order valence-corrected chi connectivity index (χ3v) is 7.45. The van der Waals surface area contributed by atoms with Crippen LogP contribution in [0.4, 0.5) is 4.39 Å². The van der Waals surface area contributed by atoms with Crippen molar-refractivity contribution in [2.75, 3.05) is 0 Å². The molecule has 0 spiro atoms. The number of Topliss-reactive ketones (excluding diaryl/α,β-unsaturated/α-hetero) is 1. The minimum atomic E-state index is -0.431. The van der Waals surface area contributed by atoms with Gasteiger partial charge in [-0.1, -0.05) is 31.1 Å². The average Bonchev–Trinajstić information content (AvgIpc) is 2.90. The predicted octanol–water partition coefficient (Wildman–Crippen LogP) is 4.33. The first-order valence-corrected chi connectivity index (χ1v) is 9.18. The fourth-order valence-electron chi connectivity index (χ4n) is 6.24. The number of halogens is 1. The molecule has 0 N–H and O–H groups in total. The Bertz CT molecular complexity index is 793. The third-order valence-electron chi connectivity index (χ3n) is 7.45. The van der Waals surface area contributed by atoms with Gasteiger partial charge >= 0.3 is 0 Å². The van der Waals surface area contributed by atoms with Crippen molar-refractivity contribution in [3.63, 3.8) is 0 Å². The van der Waals surface area contributed by atoms with Gasteiger partial charge in [0.15, 0.2) is 5.78 Å². The van der Waals surface area contributed by atoms with E-state index in [1.165, 1.54) is 0 Å². The summed E-state index contributed by atoms with van der Waals surface area (Å²) >= 11 is 0. The summed E-state index contributed by atoms with van der Waals surface area (Å²) in [5, 5.41) is 0. The Morgan fingerprint density at radius 2 is 2.12 bits per heavy atom. The Morgan fingerprint density at radius 3 is 2.88 bits per heavy atom. The molecule has 0 aliphatic heterocycles. The third kappa shape index (κ3) is 2.16. The number of rotatable bonds is 1. The molecule has 0 aromatic heterocycles. The smallest absolute Gasteiger partial charge is 0.178 e. The van der Waals surface area contributed by atoms with Crippen molar-refractivity contribution in [3.05, 3.63) is 36.0 Å². The van der Waals surface area contributed by atoms with Crippen LogP contribution in [0.1, 0.15) is 45.4 Å². The van der Waals surface area contributed by atoms with Crippen LogP contribution >= 0.6 is 0 Å². The van der Waals surface area contributed by atoms with Crippen LogP contribution in [-0.4, -0.2) is 11.6 Å². The molecule has 4 aliphatic rings. The summed E-state index contributed by atoms with van der Waals surface area (Å²) in [5.41, 5.74) is 1.25. The Morgan fingerprint density at radius 1 is 1.32 bits per heavy atom. The Kier molecular flexibility index (Phi) is 3.65. The number of carbonyl (C=O) groups is 2. The van der Waals surface area contributed by atoms with E-state index >= 15 is 0 Å². The van der Waals surface area contributed by atoms with Gasteiger partial charge in [-0.3, -0.25) is 9.59 Å². The van der Waals surface area contributed by atoms with Crippen LogP contribution in [-0.2, 0) is 9.59 Å². The zero-order chi connectivity index (χ0) is 17.8.